The van der Waals surface area contributed by atoms with Gasteiger partial charge in [0.05, 0.1) is 16.8 Å². The minimum absolute atomic E-state index is 0.0604. The Balaban J connectivity index is 2.06. The highest BCUT2D eigenvalue weighted by molar-refractivity contribution is 6.30. The first kappa shape index (κ1) is 17.4. The van der Waals surface area contributed by atoms with Crippen LogP contribution in [0.15, 0.2) is 54.6 Å². The fourth-order valence-corrected chi connectivity index (χ4v) is 3.06. The molecule has 0 saturated heterocycles. The third kappa shape index (κ3) is 3.99. The summed E-state index contributed by atoms with van der Waals surface area (Å²) in [6, 6.07) is 17.2. The maximum Gasteiger partial charge on any atom is 0.252 e. The summed E-state index contributed by atoms with van der Waals surface area (Å²) in [5.74, 6) is -0.0604. The number of nitrogens with one attached hydrogen (secondary N) is 1. The molecule has 2 aromatic carbocycles. The van der Waals surface area contributed by atoms with Gasteiger partial charge in [0.25, 0.3) is 5.91 Å². The number of benzene rings is 2. The van der Waals surface area contributed by atoms with Crippen molar-refractivity contribution in [3.63, 3.8) is 0 Å². The second-order valence-electron chi connectivity index (χ2n) is 6.24. The number of pyridine rings is 1. The molecule has 0 bridgehead atoms. The zero-order valence-electron chi connectivity index (χ0n) is 14.4. The quantitative estimate of drug-likeness (QED) is 0.661. The molecular formula is C21H21ClN2O. The monoisotopic (exact) mass is 352 g/mol. The first-order valence-corrected chi connectivity index (χ1v) is 8.93. The predicted octanol–water partition coefficient (Wildman–Crippen LogP) is 5.47. The van der Waals surface area contributed by atoms with E-state index in [4.69, 9.17) is 16.6 Å². The highest BCUT2D eigenvalue weighted by Crippen LogP contribution is 2.26. The van der Waals surface area contributed by atoms with Gasteiger partial charge in [0.2, 0.25) is 0 Å². The summed E-state index contributed by atoms with van der Waals surface area (Å²) < 4.78 is 0. The van der Waals surface area contributed by atoms with Gasteiger partial charge in [0.1, 0.15) is 0 Å². The molecule has 0 saturated carbocycles. The van der Waals surface area contributed by atoms with Crippen molar-refractivity contribution in [2.45, 2.75) is 32.7 Å². The van der Waals surface area contributed by atoms with E-state index >= 15 is 0 Å². The summed E-state index contributed by atoms with van der Waals surface area (Å²) in [5, 5.41) is 4.63. The van der Waals surface area contributed by atoms with Crippen LogP contribution in [0, 0.1) is 0 Å². The number of rotatable bonds is 5. The van der Waals surface area contributed by atoms with Crippen molar-refractivity contribution in [1.29, 1.82) is 0 Å². The van der Waals surface area contributed by atoms with Crippen molar-refractivity contribution in [3.05, 3.63) is 65.2 Å². The summed E-state index contributed by atoms with van der Waals surface area (Å²) in [6.07, 6.45) is 1.99. The highest BCUT2D eigenvalue weighted by atomic mass is 35.5. The van der Waals surface area contributed by atoms with Crippen LogP contribution in [0.3, 0.4) is 0 Å². The predicted molar refractivity (Wildman–Crippen MR) is 104 cm³/mol. The Labute approximate surface area is 153 Å². The summed E-state index contributed by atoms with van der Waals surface area (Å²) >= 11 is 5.98. The molecule has 3 aromatic rings. The molecule has 3 rings (SSSR count). The van der Waals surface area contributed by atoms with Gasteiger partial charge in [-0.2, -0.15) is 0 Å². The lowest BCUT2D eigenvalue weighted by molar-refractivity contribution is 0.0940. The van der Waals surface area contributed by atoms with Crippen molar-refractivity contribution >= 4 is 28.4 Å². The van der Waals surface area contributed by atoms with E-state index in [2.05, 4.69) is 12.2 Å². The van der Waals surface area contributed by atoms with E-state index in [1.54, 1.807) is 0 Å². The lowest BCUT2D eigenvalue weighted by Crippen LogP contribution is -2.32. The van der Waals surface area contributed by atoms with E-state index in [0.29, 0.717) is 10.6 Å². The third-order valence-corrected chi connectivity index (χ3v) is 4.45. The Morgan fingerprint density at radius 3 is 2.60 bits per heavy atom. The van der Waals surface area contributed by atoms with Crippen molar-refractivity contribution in [2.75, 3.05) is 0 Å². The molecular weight excluding hydrogens is 332 g/mol. The molecule has 4 heteroatoms. The van der Waals surface area contributed by atoms with E-state index in [-0.39, 0.29) is 11.9 Å². The van der Waals surface area contributed by atoms with Crippen molar-refractivity contribution in [2.24, 2.45) is 0 Å². The van der Waals surface area contributed by atoms with E-state index in [0.717, 1.165) is 35.0 Å². The summed E-state index contributed by atoms with van der Waals surface area (Å²) in [7, 11) is 0. The van der Waals surface area contributed by atoms with Crippen LogP contribution in [-0.4, -0.2) is 16.9 Å². The van der Waals surface area contributed by atoms with Crippen molar-refractivity contribution < 1.29 is 4.79 Å². The smallest absolute Gasteiger partial charge is 0.252 e. The van der Waals surface area contributed by atoms with E-state index in [1.165, 1.54) is 0 Å². The molecule has 128 valence electrons. The van der Waals surface area contributed by atoms with Crippen LogP contribution in [-0.2, 0) is 0 Å². The first-order valence-electron chi connectivity index (χ1n) is 8.55. The molecule has 0 aliphatic rings. The Hall–Kier alpha value is -2.39. The average molecular weight is 353 g/mol. The van der Waals surface area contributed by atoms with Gasteiger partial charge >= 0.3 is 0 Å². The van der Waals surface area contributed by atoms with Crippen LogP contribution < -0.4 is 5.32 Å². The number of hydrogen-bond acceptors (Lipinski definition) is 2. The van der Waals surface area contributed by atoms with Gasteiger partial charge in [0.15, 0.2) is 0 Å². The normalized spacial score (nSPS) is 12.1. The number of carbonyl (C=O) groups is 1. The van der Waals surface area contributed by atoms with Crippen LogP contribution in [0.1, 0.15) is 37.0 Å². The number of hydrogen-bond donors (Lipinski definition) is 1. The van der Waals surface area contributed by atoms with Gasteiger partial charge in [0, 0.05) is 22.0 Å². The van der Waals surface area contributed by atoms with Crippen molar-refractivity contribution in [3.8, 4) is 11.3 Å². The Kier molecular flexibility index (Phi) is 5.34. The minimum atomic E-state index is -0.0604. The number of halogens is 1. The molecule has 1 amide bonds. The van der Waals surface area contributed by atoms with Crippen LogP contribution in [0.25, 0.3) is 22.2 Å². The zero-order valence-corrected chi connectivity index (χ0v) is 15.2. The maximum absolute atomic E-state index is 12.8. The zero-order chi connectivity index (χ0) is 17.8. The molecule has 1 atom stereocenters. The van der Waals surface area contributed by atoms with Gasteiger partial charge in [-0.3, -0.25) is 4.79 Å². The molecule has 1 unspecified atom stereocenters. The Bertz CT molecular complexity index is 890. The van der Waals surface area contributed by atoms with E-state index in [1.807, 2.05) is 61.5 Å². The second kappa shape index (κ2) is 7.66. The maximum atomic E-state index is 12.8. The SMILES string of the molecule is CCCC(C)NC(=O)c1cc(-c2ccc(Cl)cc2)nc2ccccc12. The lowest BCUT2D eigenvalue weighted by Gasteiger charge is -2.15. The highest BCUT2D eigenvalue weighted by Gasteiger charge is 2.15. The number of aromatic nitrogens is 1. The van der Waals surface area contributed by atoms with Gasteiger partial charge in [-0.1, -0.05) is 55.3 Å². The fourth-order valence-electron chi connectivity index (χ4n) is 2.94. The molecule has 25 heavy (non-hydrogen) atoms. The van der Waals surface area contributed by atoms with E-state index < -0.39 is 0 Å². The number of fused-ring (bicyclic) bond motifs is 1. The third-order valence-electron chi connectivity index (χ3n) is 4.20. The van der Waals surface area contributed by atoms with Gasteiger partial charge in [-0.25, -0.2) is 4.98 Å². The second-order valence-corrected chi connectivity index (χ2v) is 6.68. The molecule has 0 spiro atoms. The molecule has 1 aromatic heterocycles. The molecule has 0 radical (unpaired) electrons. The van der Waals surface area contributed by atoms with Gasteiger partial charge < -0.3 is 5.32 Å². The van der Waals surface area contributed by atoms with Crippen LogP contribution in [0.4, 0.5) is 0 Å². The van der Waals surface area contributed by atoms with Crippen LogP contribution in [0.5, 0.6) is 0 Å². The first-order chi connectivity index (χ1) is 12.1. The van der Waals surface area contributed by atoms with Crippen LogP contribution >= 0.6 is 11.6 Å². The summed E-state index contributed by atoms with van der Waals surface area (Å²) in [4.78, 5) is 17.5. The Morgan fingerprint density at radius 1 is 1.16 bits per heavy atom. The van der Waals surface area contributed by atoms with Gasteiger partial charge in [-0.05, 0) is 37.6 Å². The molecule has 1 N–H and O–H groups in total. The minimum Gasteiger partial charge on any atom is -0.350 e. The fraction of sp³-hybridized carbons (Fsp3) is 0.238. The summed E-state index contributed by atoms with van der Waals surface area (Å²) in [6.45, 7) is 4.15. The average Bonchev–Trinajstić information content (AvgIpc) is 2.61. The number of para-hydroxylation sites is 1. The summed E-state index contributed by atoms with van der Waals surface area (Å²) in [5.41, 5.74) is 3.16. The standard InChI is InChI=1S/C21H21ClN2O/c1-3-6-14(2)23-21(25)18-13-20(15-9-11-16(22)12-10-15)24-19-8-5-4-7-17(18)19/h4-5,7-14H,3,6H2,1-2H3,(H,23,25). The molecule has 0 aliphatic heterocycles. The number of carbonyl (C=O) groups excluding carboxylic acids is 1. The lowest BCUT2D eigenvalue weighted by atomic mass is 10.0. The number of amides is 1. The van der Waals surface area contributed by atoms with Gasteiger partial charge in [-0.15, -0.1) is 0 Å². The topological polar surface area (TPSA) is 42.0 Å². The molecule has 0 fully saturated rings. The van der Waals surface area contributed by atoms with E-state index in [9.17, 15) is 4.79 Å². The molecule has 1 heterocycles. The number of nitrogens with zero attached hydrogens (tertiary/aromatic N) is 1. The van der Waals surface area contributed by atoms with Crippen molar-refractivity contribution in [1.82, 2.24) is 10.3 Å². The largest absolute Gasteiger partial charge is 0.350 e. The van der Waals surface area contributed by atoms with Crippen LogP contribution in [0.2, 0.25) is 5.02 Å². The molecule has 3 nitrogen and oxygen atoms in total. The molecule has 0 aliphatic carbocycles. The Morgan fingerprint density at radius 2 is 1.88 bits per heavy atom.